The molecule has 0 saturated carbocycles. The zero-order chi connectivity index (χ0) is 45.2. The van der Waals surface area contributed by atoms with E-state index in [1.807, 2.05) is 6.20 Å². The van der Waals surface area contributed by atoms with Crippen molar-refractivity contribution in [3.05, 3.63) is 137 Å². The van der Waals surface area contributed by atoms with Gasteiger partial charge in [-0.15, -0.1) is 0 Å². The van der Waals surface area contributed by atoms with Crippen molar-refractivity contribution in [1.29, 1.82) is 0 Å². The molecule has 6 nitrogen and oxygen atoms in total. The Kier molecular flexibility index (Phi) is 9.57. The Hall–Kier alpha value is -6.01. The summed E-state index contributed by atoms with van der Waals surface area (Å²) in [6.45, 7) is 34.4. The van der Waals surface area contributed by atoms with Crippen molar-refractivity contribution in [3.63, 3.8) is 0 Å². The molecule has 0 aliphatic heterocycles. The number of pyridine rings is 2. The summed E-state index contributed by atoms with van der Waals surface area (Å²) in [5, 5.41) is 13.2. The van der Waals surface area contributed by atoms with E-state index in [-0.39, 0.29) is 27.1 Å². The quantitative estimate of drug-likeness (QED) is 0.192. The lowest BCUT2D eigenvalue weighted by molar-refractivity contribution is 0.550. The summed E-state index contributed by atoms with van der Waals surface area (Å²) in [4.78, 5) is 10.5. The zero-order valence-electron chi connectivity index (χ0n) is 40.1. The van der Waals surface area contributed by atoms with Crippen molar-refractivity contribution < 1.29 is 0 Å². The van der Waals surface area contributed by atoms with Crippen molar-refractivity contribution in [1.82, 2.24) is 29.3 Å². The van der Waals surface area contributed by atoms with Crippen LogP contribution < -0.4 is 0 Å². The first-order valence-corrected chi connectivity index (χ1v) is 22.6. The van der Waals surface area contributed by atoms with E-state index in [9.17, 15) is 0 Å². The molecule has 9 rings (SSSR count). The third-order valence-corrected chi connectivity index (χ3v) is 13.0. The largest absolute Gasteiger partial charge is 0.294 e. The standard InChI is InChI=1S/C57H64N6/c1-53(2,3)34-20-25-48-41(28-34)40-23-24-44(45-33-46(61-60-45)51-42(56(10,11)12)29-36(55(7,8)9)30-43(51)57(13,14)15)59-52(40)62(48)37-21-22-39-38-18-16-17-19-47(38)63(49(39)32-37)50-31-35(26-27-58-50)54(4,5)6/h16-33H,1-15H3,(H,60,61). The van der Waals surface area contributed by atoms with Gasteiger partial charge in [0.1, 0.15) is 11.5 Å². The van der Waals surface area contributed by atoms with Gasteiger partial charge in [0.15, 0.2) is 0 Å². The van der Waals surface area contributed by atoms with Crippen LogP contribution >= 0.6 is 0 Å². The second-order valence-electron chi connectivity index (χ2n) is 23.0. The maximum Gasteiger partial charge on any atom is 0.146 e. The number of H-pyrrole nitrogens is 1. The highest BCUT2D eigenvalue weighted by Crippen LogP contribution is 2.44. The normalized spacial score (nSPS) is 13.3. The Balaban J connectivity index is 1.28. The summed E-state index contributed by atoms with van der Waals surface area (Å²) in [6.07, 6.45) is 1.95. The third kappa shape index (κ3) is 7.35. The van der Waals surface area contributed by atoms with E-state index in [1.54, 1.807) is 0 Å². The number of hydrogen-bond donors (Lipinski definition) is 1. The number of aromatic nitrogens is 6. The van der Waals surface area contributed by atoms with Gasteiger partial charge in [-0.3, -0.25) is 14.2 Å². The molecule has 0 saturated heterocycles. The topological polar surface area (TPSA) is 64.3 Å². The van der Waals surface area contributed by atoms with E-state index >= 15 is 0 Å². The van der Waals surface area contributed by atoms with Crippen LogP contribution in [0.1, 0.15) is 132 Å². The molecule has 0 fully saturated rings. The van der Waals surface area contributed by atoms with Gasteiger partial charge < -0.3 is 0 Å². The molecule has 0 spiro atoms. The Labute approximate surface area is 373 Å². The van der Waals surface area contributed by atoms with Crippen LogP contribution in [-0.2, 0) is 27.1 Å². The van der Waals surface area contributed by atoms with Gasteiger partial charge in [0.25, 0.3) is 0 Å². The van der Waals surface area contributed by atoms with E-state index in [2.05, 4.69) is 221 Å². The van der Waals surface area contributed by atoms with Crippen LogP contribution in [0.3, 0.4) is 0 Å². The van der Waals surface area contributed by atoms with E-state index in [1.165, 1.54) is 49.5 Å². The van der Waals surface area contributed by atoms with Gasteiger partial charge in [-0.25, -0.2) is 9.97 Å². The molecule has 0 amide bonds. The van der Waals surface area contributed by atoms with Crippen LogP contribution in [0.25, 0.3) is 77.9 Å². The highest BCUT2D eigenvalue weighted by Gasteiger charge is 2.31. The van der Waals surface area contributed by atoms with Gasteiger partial charge >= 0.3 is 0 Å². The number of nitrogens with one attached hydrogen (secondary N) is 1. The number of nitrogens with zero attached hydrogens (tertiary/aromatic N) is 5. The van der Waals surface area contributed by atoms with Crippen molar-refractivity contribution in [2.45, 2.75) is 131 Å². The summed E-state index contributed by atoms with van der Waals surface area (Å²) in [5.74, 6) is 0.913. The van der Waals surface area contributed by atoms with Crippen molar-refractivity contribution >= 4 is 43.7 Å². The van der Waals surface area contributed by atoms with E-state index in [4.69, 9.17) is 15.1 Å². The average molecular weight is 833 g/mol. The predicted octanol–water partition coefficient (Wildman–Crippen LogP) is 15.2. The highest BCUT2D eigenvalue weighted by molar-refractivity contribution is 6.11. The van der Waals surface area contributed by atoms with Crippen molar-refractivity contribution in [3.8, 4) is 34.2 Å². The van der Waals surface area contributed by atoms with Gasteiger partial charge in [0.05, 0.1) is 33.6 Å². The number of fused-ring (bicyclic) bond motifs is 6. The van der Waals surface area contributed by atoms with Gasteiger partial charge in [-0.05, 0) is 116 Å². The molecular weight excluding hydrogens is 769 g/mol. The molecule has 5 aromatic heterocycles. The Morgan fingerprint density at radius 1 is 0.444 bits per heavy atom. The number of benzene rings is 4. The molecule has 6 heteroatoms. The Bertz CT molecular complexity index is 3200. The number of hydrogen-bond acceptors (Lipinski definition) is 3. The van der Waals surface area contributed by atoms with Crippen molar-refractivity contribution in [2.75, 3.05) is 0 Å². The van der Waals surface area contributed by atoms with E-state index in [0.29, 0.717) is 0 Å². The van der Waals surface area contributed by atoms with Crippen molar-refractivity contribution in [2.24, 2.45) is 0 Å². The number of rotatable bonds is 4. The fraction of sp³-hybridized carbons (Fsp3) is 0.351. The fourth-order valence-electron chi connectivity index (χ4n) is 9.23. The number of para-hydroxylation sites is 1. The third-order valence-electron chi connectivity index (χ3n) is 13.0. The Morgan fingerprint density at radius 3 is 1.70 bits per heavy atom. The molecule has 0 aliphatic rings. The van der Waals surface area contributed by atoms with Gasteiger partial charge in [0, 0.05) is 39.0 Å². The predicted molar refractivity (Wildman–Crippen MR) is 267 cm³/mol. The van der Waals surface area contributed by atoms with Crippen LogP contribution in [0.4, 0.5) is 0 Å². The summed E-state index contributed by atoms with van der Waals surface area (Å²) in [5.41, 5.74) is 15.5. The maximum atomic E-state index is 5.56. The SMILES string of the molecule is CC(C)(C)c1ccnc(-n2c3ccccc3c3ccc(-n4c5ccc(C(C)(C)C)cc5c5ccc(-c6cc(-c7c(C(C)(C)C)cc(C(C)(C)C)cc7C(C)(C)C)n[nH]6)nc54)cc32)c1. The van der Waals surface area contributed by atoms with Crippen LogP contribution in [0.15, 0.2) is 109 Å². The highest BCUT2D eigenvalue weighted by atomic mass is 15.1. The summed E-state index contributed by atoms with van der Waals surface area (Å²) < 4.78 is 4.67. The van der Waals surface area contributed by atoms with Crippen LogP contribution in [0.5, 0.6) is 0 Å². The van der Waals surface area contributed by atoms with Gasteiger partial charge in [-0.2, -0.15) is 5.10 Å². The lowest BCUT2D eigenvalue weighted by atomic mass is 9.71. The lowest BCUT2D eigenvalue weighted by Crippen LogP contribution is -2.23. The van der Waals surface area contributed by atoms with Gasteiger partial charge in [-0.1, -0.05) is 146 Å². The molecule has 0 unspecified atom stereocenters. The molecule has 63 heavy (non-hydrogen) atoms. The molecule has 9 aromatic rings. The molecule has 0 radical (unpaired) electrons. The summed E-state index contributed by atoms with van der Waals surface area (Å²) >= 11 is 0. The van der Waals surface area contributed by atoms with E-state index in [0.717, 1.165) is 56.2 Å². The Morgan fingerprint density at radius 2 is 1.05 bits per heavy atom. The minimum Gasteiger partial charge on any atom is -0.294 e. The van der Waals surface area contributed by atoms with Crippen LogP contribution in [-0.4, -0.2) is 29.3 Å². The molecule has 4 aromatic carbocycles. The molecule has 322 valence electrons. The summed E-state index contributed by atoms with van der Waals surface area (Å²) in [6, 6.07) is 38.3. The first-order valence-electron chi connectivity index (χ1n) is 22.6. The zero-order valence-corrected chi connectivity index (χ0v) is 40.1. The minimum atomic E-state index is -0.0992. The minimum absolute atomic E-state index is 0.00994. The smallest absolute Gasteiger partial charge is 0.146 e. The molecule has 5 heterocycles. The average Bonchev–Trinajstić information content (AvgIpc) is 3.91. The van der Waals surface area contributed by atoms with Crippen LogP contribution in [0, 0.1) is 0 Å². The fourth-order valence-corrected chi connectivity index (χ4v) is 9.23. The molecular formula is C57H64N6. The monoisotopic (exact) mass is 833 g/mol. The molecule has 1 N–H and O–H groups in total. The molecule has 0 aliphatic carbocycles. The number of aromatic amines is 1. The molecule has 0 bridgehead atoms. The molecule has 0 atom stereocenters. The lowest BCUT2D eigenvalue weighted by Gasteiger charge is -2.33. The second kappa shape index (κ2) is 14.3. The maximum absolute atomic E-state index is 5.56. The van der Waals surface area contributed by atoms with Gasteiger partial charge in [0.2, 0.25) is 0 Å². The second-order valence-corrected chi connectivity index (χ2v) is 23.0. The van der Waals surface area contributed by atoms with Crippen LogP contribution in [0.2, 0.25) is 0 Å². The first-order chi connectivity index (χ1) is 29.4. The van der Waals surface area contributed by atoms with E-state index < -0.39 is 0 Å². The summed E-state index contributed by atoms with van der Waals surface area (Å²) in [7, 11) is 0. The first kappa shape index (κ1) is 42.3.